The third-order valence-corrected chi connectivity index (χ3v) is 3.98. The lowest BCUT2D eigenvalue weighted by molar-refractivity contribution is 0.266. The monoisotopic (exact) mass is 301 g/mol. The second-order valence-electron chi connectivity index (χ2n) is 4.72. The molecule has 0 aromatic carbocycles. The van der Waals surface area contributed by atoms with E-state index in [4.69, 9.17) is 16.3 Å². The molecule has 0 bridgehead atoms. The van der Waals surface area contributed by atoms with E-state index in [1.165, 1.54) is 37.6 Å². The molecule has 0 spiro atoms. The van der Waals surface area contributed by atoms with E-state index < -0.39 is 0 Å². The molecule has 0 aliphatic carbocycles. The summed E-state index contributed by atoms with van der Waals surface area (Å²) in [6.07, 6.45) is 6.82. The molecular formula is C13H20ClN3OS. The average molecular weight is 302 g/mol. The Bertz CT molecular complexity index is 399. The van der Waals surface area contributed by atoms with E-state index in [2.05, 4.69) is 15.3 Å². The fraction of sp³-hybridized carbons (Fsp3) is 0.692. The fourth-order valence-electron chi connectivity index (χ4n) is 2.26. The summed E-state index contributed by atoms with van der Waals surface area (Å²) in [5.41, 5.74) is 0. The molecule has 1 aromatic heterocycles. The Morgan fingerprint density at radius 1 is 1.53 bits per heavy atom. The molecule has 19 heavy (non-hydrogen) atoms. The van der Waals surface area contributed by atoms with E-state index >= 15 is 0 Å². The van der Waals surface area contributed by atoms with E-state index in [0.29, 0.717) is 22.8 Å². The topological polar surface area (TPSA) is 47.0 Å². The molecule has 1 N–H and O–H groups in total. The van der Waals surface area contributed by atoms with Crippen LogP contribution in [0.1, 0.15) is 25.7 Å². The van der Waals surface area contributed by atoms with Gasteiger partial charge in [-0.25, -0.2) is 4.98 Å². The number of ether oxygens (including phenoxy) is 1. The minimum atomic E-state index is 0.436. The van der Waals surface area contributed by atoms with Gasteiger partial charge < -0.3 is 10.1 Å². The summed E-state index contributed by atoms with van der Waals surface area (Å²) >= 11 is 7.37. The van der Waals surface area contributed by atoms with Crippen molar-refractivity contribution < 1.29 is 4.74 Å². The van der Waals surface area contributed by atoms with Crippen LogP contribution in [0.15, 0.2) is 11.2 Å². The summed E-state index contributed by atoms with van der Waals surface area (Å²) in [6, 6.07) is 1.67. The Kier molecular flexibility index (Phi) is 6.20. The van der Waals surface area contributed by atoms with Gasteiger partial charge in [-0.05, 0) is 50.9 Å². The quantitative estimate of drug-likeness (QED) is 0.379. The van der Waals surface area contributed by atoms with Crippen molar-refractivity contribution in [2.45, 2.75) is 30.8 Å². The third-order valence-electron chi connectivity index (χ3n) is 3.24. The molecule has 1 aromatic rings. The predicted octanol–water partition coefficient (Wildman–Crippen LogP) is 3.01. The summed E-state index contributed by atoms with van der Waals surface area (Å²) in [5, 5.41) is 4.52. The van der Waals surface area contributed by atoms with E-state index in [0.717, 1.165) is 18.9 Å². The molecule has 0 radical (unpaired) electrons. The van der Waals surface area contributed by atoms with Crippen molar-refractivity contribution in [1.29, 1.82) is 0 Å². The average Bonchev–Trinajstić information content (AvgIpc) is 2.44. The number of aromatic nitrogens is 2. The van der Waals surface area contributed by atoms with Crippen molar-refractivity contribution in [3.8, 4) is 5.88 Å². The van der Waals surface area contributed by atoms with Crippen molar-refractivity contribution in [1.82, 2.24) is 15.3 Å². The van der Waals surface area contributed by atoms with Crippen molar-refractivity contribution >= 4 is 23.4 Å². The summed E-state index contributed by atoms with van der Waals surface area (Å²) in [6.45, 7) is 3.01. The van der Waals surface area contributed by atoms with Crippen LogP contribution in [-0.2, 0) is 0 Å². The number of hydrogen-bond donors (Lipinski definition) is 1. The zero-order valence-electron chi connectivity index (χ0n) is 11.2. The molecule has 6 heteroatoms. The molecule has 1 aliphatic rings. The lowest BCUT2D eigenvalue weighted by Gasteiger charge is -2.22. The maximum Gasteiger partial charge on any atom is 0.218 e. The number of nitrogens with zero attached hydrogens (tertiary/aromatic N) is 2. The van der Waals surface area contributed by atoms with Crippen LogP contribution in [0.2, 0.25) is 5.15 Å². The SMILES string of the molecule is CSc1nc(Cl)cc(OCCC[C@@H]2CCCNC2)n1. The molecule has 1 saturated heterocycles. The number of halogens is 1. The standard InChI is InChI=1S/C13H20ClN3OS/c1-19-13-16-11(14)8-12(17-13)18-7-3-5-10-4-2-6-15-9-10/h8,10,15H,2-7,9H2,1H3/t10-/m0/s1. The highest BCUT2D eigenvalue weighted by Gasteiger charge is 2.12. The lowest BCUT2D eigenvalue weighted by Crippen LogP contribution is -2.29. The highest BCUT2D eigenvalue weighted by molar-refractivity contribution is 7.98. The lowest BCUT2D eigenvalue weighted by atomic mass is 9.95. The molecule has 4 nitrogen and oxygen atoms in total. The van der Waals surface area contributed by atoms with Crippen LogP contribution in [-0.4, -0.2) is 35.9 Å². The Morgan fingerprint density at radius 3 is 3.16 bits per heavy atom. The number of thioether (sulfide) groups is 1. The van der Waals surface area contributed by atoms with Gasteiger partial charge in [0.25, 0.3) is 0 Å². The van der Waals surface area contributed by atoms with Crippen LogP contribution in [0.5, 0.6) is 5.88 Å². The van der Waals surface area contributed by atoms with Crippen LogP contribution >= 0.6 is 23.4 Å². The van der Waals surface area contributed by atoms with E-state index in [9.17, 15) is 0 Å². The Hall–Kier alpha value is -0.520. The minimum absolute atomic E-state index is 0.436. The van der Waals surface area contributed by atoms with Crippen LogP contribution in [0.3, 0.4) is 0 Å². The summed E-state index contributed by atoms with van der Waals surface area (Å²) in [5.74, 6) is 1.37. The van der Waals surface area contributed by atoms with E-state index in [1.54, 1.807) is 6.07 Å². The largest absolute Gasteiger partial charge is 0.478 e. The van der Waals surface area contributed by atoms with E-state index in [1.807, 2.05) is 6.26 Å². The van der Waals surface area contributed by atoms with Crippen molar-refractivity contribution in [2.24, 2.45) is 5.92 Å². The molecule has 1 aliphatic heterocycles. The molecule has 1 atom stereocenters. The number of hydrogen-bond acceptors (Lipinski definition) is 5. The van der Waals surface area contributed by atoms with Crippen LogP contribution in [0.25, 0.3) is 0 Å². The molecule has 106 valence electrons. The molecule has 1 fully saturated rings. The fourth-order valence-corrected chi connectivity index (χ4v) is 2.86. The molecule has 0 amide bonds. The highest BCUT2D eigenvalue weighted by Crippen LogP contribution is 2.20. The van der Waals surface area contributed by atoms with Gasteiger partial charge in [-0.2, -0.15) is 4.98 Å². The first-order valence-electron chi connectivity index (χ1n) is 6.70. The second kappa shape index (κ2) is 7.92. The van der Waals surface area contributed by atoms with Gasteiger partial charge in [0.1, 0.15) is 5.15 Å². The summed E-state index contributed by atoms with van der Waals surface area (Å²) < 4.78 is 5.65. The predicted molar refractivity (Wildman–Crippen MR) is 79.1 cm³/mol. The molecule has 0 unspecified atom stereocenters. The van der Waals surface area contributed by atoms with Gasteiger partial charge >= 0.3 is 0 Å². The van der Waals surface area contributed by atoms with Gasteiger partial charge in [-0.3, -0.25) is 0 Å². The van der Waals surface area contributed by atoms with Crippen LogP contribution < -0.4 is 10.1 Å². The summed E-state index contributed by atoms with van der Waals surface area (Å²) in [4.78, 5) is 8.35. The van der Waals surface area contributed by atoms with Crippen molar-refractivity contribution in [3.05, 3.63) is 11.2 Å². The zero-order chi connectivity index (χ0) is 13.5. The van der Waals surface area contributed by atoms with Crippen LogP contribution in [0.4, 0.5) is 0 Å². The smallest absolute Gasteiger partial charge is 0.218 e. The van der Waals surface area contributed by atoms with Gasteiger partial charge in [0, 0.05) is 6.07 Å². The maximum atomic E-state index is 5.91. The van der Waals surface area contributed by atoms with Crippen molar-refractivity contribution in [2.75, 3.05) is 26.0 Å². The van der Waals surface area contributed by atoms with Gasteiger partial charge in [0.2, 0.25) is 5.88 Å². The van der Waals surface area contributed by atoms with E-state index in [-0.39, 0.29) is 0 Å². The first kappa shape index (κ1) is 14.9. The van der Waals surface area contributed by atoms with Gasteiger partial charge in [0.15, 0.2) is 5.16 Å². The first-order chi connectivity index (χ1) is 9.28. The Labute approximate surface area is 123 Å². The van der Waals surface area contributed by atoms with Crippen LogP contribution in [0, 0.1) is 5.92 Å². The van der Waals surface area contributed by atoms with Gasteiger partial charge in [-0.15, -0.1) is 0 Å². The Morgan fingerprint density at radius 2 is 2.42 bits per heavy atom. The molecule has 0 saturated carbocycles. The third kappa shape index (κ3) is 5.16. The zero-order valence-corrected chi connectivity index (χ0v) is 12.8. The van der Waals surface area contributed by atoms with Gasteiger partial charge in [-0.1, -0.05) is 23.4 Å². The molecular weight excluding hydrogens is 282 g/mol. The number of rotatable bonds is 6. The van der Waals surface area contributed by atoms with Gasteiger partial charge in [0.05, 0.1) is 6.61 Å². The number of piperidine rings is 1. The summed E-state index contributed by atoms with van der Waals surface area (Å²) in [7, 11) is 0. The maximum absolute atomic E-state index is 5.91. The number of nitrogens with one attached hydrogen (secondary N) is 1. The highest BCUT2D eigenvalue weighted by atomic mass is 35.5. The van der Waals surface area contributed by atoms with Crippen molar-refractivity contribution in [3.63, 3.8) is 0 Å². The minimum Gasteiger partial charge on any atom is -0.478 e. The Balaban J connectivity index is 1.71. The first-order valence-corrected chi connectivity index (χ1v) is 8.30. The normalized spacial score (nSPS) is 19.4. The molecule has 2 rings (SSSR count). The molecule has 2 heterocycles. The second-order valence-corrected chi connectivity index (χ2v) is 5.88.